The van der Waals surface area contributed by atoms with E-state index in [1.807, 2.05) is 27.0 Å². The number of hydrogen-bond acceptors (Lipinski definition) is 5. The maximum absolute atomic E-state index is 12.7. The molecule has 3 aromatic rings. The van der Waals surface area contributed by atoms with Gasteiger partial charge in [-0.1, -0.05) is 30.3 Å². The lowest BCUT2D eigenvalue weighted by molar-refractivity contribution is 0.00578. The maximum atomic E-state index is 12.7. The Balaban J connectivity index is 1.35. The Morgan fingerprint density at radius 2 is 1.75 bits per heavy atom. The van der Waals surface area contributed by atoms with E-state index in [4.69, 9.17) is 14.0 Å². The molecule has 7 nitrogen and oxygen atoms in total. The molecule has 2 saturated heterocycles. The summed E-state index contributed by atoms with van der Waals surface area (Å²) in [5, 5.41) is 2.25. The van der Waals surface area contributed by atoms with Crippen LogP contribution in [-0.4, -0.2) is 51.4 Å². The van der Waals surface area contributed by atoms with E-state index in [0.717, 1.165) is 46.2 Å². The van der Waals surface area contributed by atoms with Crippen molar-refractivity contribution in [2.24, 2.45) is 0 Å². The summed E-state index contributed by atoms with van der Waals surface area (Å²) in [4.78, 5) is 22.6. The molecule has 190 valence electrons. The number of aromatic amines is 1. The molecule has 2 aliphatic rings. The van der Waals surface area contributed by atoms with Gasteiger partial charge < -0.3 is 19.0 Å². The van der Waals surface area contributed by atoms with Gasteiger partial charge in [-0.25, -0.2) is 9.78 Å². The zero-order chi connectivity index (χ0) is 25.9. The highest BCUT2D eigenvalue weighted by Crippen LogP contribution is 2.37. The molecule has 2 fully saturated rings. The Hall–Kier alpha value is -2.84. The Morgan fingerprint density at radius 3 is 2.44 bits per heavy atom. The number of ether oxygens (including phenoxy) is 1. The number of nitrogens with one attached hydrogen (secondary N) is 1. The zero-order valence-electron chi connectivity index (χ0n) is 22.3. The van der Waals surface area contributed by atoms with E-state index in [2.05, 4.69) is 74.1 Å². The van der Waals surface area contributed by atoms with E-state index in [9.17, 15) is 4.79 Å². The number of carbonyl (C=O) groups excluding carboxylic acids is 1. The highest BCUT2D eigenvalue weighted by molar-refractivity contribution is 6.62. The van der Waals surface area contributed by atoms with Gasteiger partial charge >= 0.3 is 13.2 Å². The monoisotopic (exact) mass is 489 g/mol. The minimum absolute atomic E-state index is 0.100. The molecule has 8 heteroatoms. The van der Waals surface area contributed by atoms with Gasteiger partial charge in [0.1, 0.15) is 11.4 Å². The van der Waals surface area contributed by atoms with Crippen LogP contribution in [-0.2, 0) is 14.0 Å². The second kappa shape index (κ2) is 8.63. The van der Waals surface area contributed by atoms with Crippen LogP contribution in [0, 0.1) is 0 Å². The number of likely N-dealkylation sites (tertiary alicyclic amines) is 1. The molecule has 3 heterocycles. The molecule has 1 N–H and O–H groups in total. The number of fused-ring (bicyclic) bond motifs is 1. The first-order chi connectivity index (χ1) is 16.8. The number of amides is 1. The van der Waals surface area contributed by atoms with Crippen LogP contribution in [0.1, 0.15) is 73.2 Å². The van der Waals surface area contributed by atoms with Crippen LogP contribution in [0.15, 0.2) is 42.6 Å². The van der Waals surface area contributed by atoms with Gasteiger partial charge in [-0.15, -0.1) is 0 Å². The highest BCUT2D eigenvalue weighted by Gasteiger charge is 2.51. The Kier molecular flexibility index (Phi) is 5.96. The molecule has 0 spiro atoms. The quantitative estimate of drug-likeness (QED) is 0.485. The third-order valence-electron chi connectivity index (χ3n) is 7.49. The molecule has 0 saturated carbocycles. The molecule has 2 aliphatic heterocycles. The van der Waals surface area contributed by atoms with Gasteiger partial charge in [-0.3, -0.25) is 4.90 Å². The van der Waals surface area contributed by atoms with Gasteiger partial charge in [-0.2, -0.15) is 0 Å². The Labute approximate surface area is 213 Å². The van der Waals surface area contributed by atoms with Crippen molar-refractivity contribution in [3.8, 4) is 11.3 Å². The van der Waals surface area contributed by atoms with Crippen molar-refractivity contribution in [1.82, 2.24) is 14.9 Å². The topological polar surface area (TPSA) is 76.7 Å². The summed E-state index contributed by atoms with van der Waals surface area (Å²) >= 11 is 0. The summed E-state index contributed by atoms with van der Waals surface area (Å²) in [6.07, 6.45) is 3.36. The number of H-pyrrole nitrogens is 1. The summed E-state index contributed by atoms with van der Waals surface area (Å²) in [5.74, 6) is 0.796. The summed E-state index contributed by atoms with van der Waals surface area (Å²) in [7, 11) is -0.381. The lowest BCUT2D eigenvalue weighted by Crippen LogP contribution is -2.41. The number of imidazole rings is 1. The SMILES string of the molecule is CC(C)(C)OC(=O)N1CCCC1c1ncc(-c2ccc3cc(B4OC(C)(C)C(C)(C)O4)ccc3c2)[nH]1. The summed E-state index contributed by atoms with van der Waals surface area (Å²) in [6.45, 7) is 14.6. The minimum Gasteiger partial charge on any atom is -0.444 e. The largest absolute Gasteiger partial charge is 0.494 e. The molecule has 0 radical (unpaired) electrons. The van der Waals surface area contributed by atoms with Crippen LogP contribution >= 0.6 is 0 Å². The van der Waals surface area contributed by atoms with Crippen LogP contribution in [0.2, 0.25) is 0 Å². The van der Waals surface area contributed by atoms with Gasteiger partial charge in [0.05, 0.1) is 29.1 Å². The third kappa shape index (κ3) is 4.64. The van der Waals surface area contributed by atoms with Gasteiger partial charge in [0, 0.05) is 12.1 Å². The van der Waals surface area contributed by atoms with Gasteiger partial charge in [0.25, 0.3) is 0 Å². The molecular formula is C28H36BN3O4. The average molecular weight is 489 g/mol. The number of hydrogen-bond donors (Lipinski definition) is 1. The first-order valence-electron chi connectivity index (χ1n) is 12.8. The maximum Gasteiger partial charge on any atom is 0.494 e. The molecule has 5 rings (SSSR count). The first kappa shape index (κ1) is 24.8. The van der Waals surface area contributed by atoms with E-state index in [1.54, 1.807) is 4.90 Å². The van der Waals surface area contributed by atoms with E-state index in [1.165, 1.54) is 0 Å². The predicted molar refractivity (Wildman–Crippen MR) is 142 cm³/mol. The van der Waals surface area contributed by atoms with Crippen molar-refractivity contribution in [2.75, 3.05) is 6.54 Å². The molecule has 1 atom stereocenters. The average Bonchev–Trinajstić information content (AvgIpc) is 3.49. The normalized spacial score (nSPS) is 21.4. The Bertz CT molecular complexity index is 1280. The van der Waals surface area contributed by atoms with E-state index < -0.39 is 5.60 Å². The highest BCUT2D eigenvalue weighted by atomic mass is 16.7. The van der Waals surface area contributed by atoms with E-state index >= 15 is 0 Å². The standard InChI is InChI=1S/C28H36BN3O4/c1-26(2,3)34-25(33)32-14-8-9-23(32)24-30-17-22(31-24)20-11-10-19-16-21(13-12-18(19)15-20)29-35-27(4,5)28(6,7)36-29/h10-13,15-17,23H,8-9,14H2,1-7H3,(H,30,31). The van der Waals surface area contributed by atoms with Crippen LogP contribution in [0.4, 0.5) is 4.79 Å². The minimum atomic E-state index is -0.522. The number of rotatable bonds is 3. The number of benzene rings is 2. The molecule has 36 heavy (non-hydrogen) atoms. The fourth-order valence-corrected chi connectivity index (χ4v) is 4.80. The van der Waals surface area contributed by atoms with Crippen molar-refractivity contribution in [2.45, 2.75) is 84.2 Å². The molecule has 2 aromatic carbocycles. The van der Waals surface area contributed by atoms with Crippen molar-refractivity contribution in [1.29, 1.82) is 0 Å². The van der Waals surface area contributed by atoms with Crippen LogP contribution in [0.3, 0.4) is 0 Å². The molecule has 1 aromatic heterocycles. The first-order valence-corrected chi connectivity index (χ1v) is 12.8. The number of nitrogens with zero attached hydrogens (tertiary/aromatic N) is 2. The molecular weight excluding hydrogens is 453 g/mol. The predicted octanol–water partition coefficient (Wildman–Crippen LogP) is 5.60. The van der Waals surface area contributed by atoms with Crippen molar-refractivity contribution in [3.63, 3.8) is 0 Å². The molecule has 0 aliphatic carbocycles. The van der Waals surface area contributed by atoms with Gasteiger partial charge in [0.15, 0.2) is 0 Å². The summed E-state index contributed by atoms with van der Waals surface area (Å²) in [5.41, 5.74) is 1.73. The van der Waals surface area contributed by atoms with Crippen molar-refractivity contribution >= 4 is 29.4 Å². The van der Waals surface area contributed by atoms with E-state index in [-0.39, 0.29) is 30.5 Å². The second-order valence-corrected chi connectivity index (χ2v) is 11.9. The fourth-order valence-electron chi connectivity index (χ4n) is 4.80. The third-order valence-corrected chi connectivity index (χ3v) is 7.49. The smallest absolute Gasteiger partial charge is 0.444 e. The van der Waals surface area contributed by atoms with Crippen molar-refractivity contribution < 1.29 is 18.8 Å². The zero-order valence-corrected chi connectivity index (χ0v) is 22.3. The summed E-state index contributed by atoms with van der Waals surface area (Å²) in [6, 6.07) is 12.6. The lowest BCUT2D eigenvalue weighted by atomic mass is 9.78. The van der Waals surface area contributed by atoms with E-state index in [0.29, 0.717) is 6.54 Å². The fraction of sp³-hybridized carbons (Fsp3) is 0.500. The van der Waals surface area contributed by atoms with Crippen LogP contribution in [0.5, 0.6) is 0 Å². The Morgan fingerprint density at radius 1 is 1.08 bits per heavy atom. The molecule has 1 amide bonds. The molecule has 1 unspecified atom stereocenters. The number of carbonyl (C=O) groups is 1. The van der Waals surface area contributed by atoms with Crippen molar-refractivity contribution in [3.05, 3.63) is 48.4 Å². The second-order valence-electron chi connectivity index (χ2n) is 11.9. The van der Waals surface area contributed by atoms with Crippen LogP contribution in [0.25, 0.3) is 22.0 Å². The molecule has 0 bridgehead atoms. The van der Waals surface area contributed by atoms with Gasteiger partial charge in [0.2, 0.25) is 0 Å². The summed E-state index contributed by atoms with van der Waals surface area (Å²) < 4.78 is 18.1. The number of aromatic nitrogens is 2. The van der Waals surface area contributed by atoms with Gasteiger partial charge in [-0.05, 0) is 83.6 Å². The van der Waals surface area contributed by atoms with Crippen LogP contribution < -0.4 is 5.46 Å². The lowest BCUT2D eigenvalue weighted by Gasteiger charge is -2.32.